The Kier molecular flexibility index (Phi) is 6.03. The quantitative estimate of drug-likeness (QED) is 0.633. The summed E-state index contributed by atoms with van der Waals surface area (Å²) < 4.78 is 4.83. The van der Waals surface area contributed by atoms with Crippen molar-refractivity contribution in [3.63, 3.8) is 0 Å². The topological polar surface area (TPSA) is 58.6 Å². The maximum atomic E-state index is 11.1. The molecule has 0 aromatic heterocycles. The number of hydrogen-bond donors (Lipinski definition) is 2. The van der Waals surface area contributed by atoms with Crippen LogP contribution in [0.4, 0.5) is 0 Å². The zero-order chi connectivity index (χ0) is 8.97. The van der Waals surface area contributed by atoms with Gasteiger partial charge in [-0.25, -0.2) is 0 Å². The third kappa shape index (κ3) is 3.93. The first-order valence-electron chi connectivity index (χ1n) is 4.32. The second kappa shape index (κ2) is 6.18. The first-order valence-corrected chi connectivity index (χ1v) is 4.32. The van der Waals surface area contributed by atoms with E-state index in [1.54, 1.807) is 6.92 Å². The fourth-order valence-electron chi connectivity index (χ4n) is 1.29. The van der Waals surface area contributed by atoms with E-state index in [-0.39, 0.29) is 30.5 Å². The van der Waals surface area contributed by atoms with Gasteiger partial charge in [0.15, 0.2) is 0 Å². The van der Waals surface area contributed by atoms with Crippen molar-refractivity contribution in [1.29, 1.82) is 0 Å². The van der Waals surface area contributed by atoms with Gasteiger partial charge in [0.05, 0.1) is 12.7 Å². The van der Waals surface area contributed by atoms with Crippen LogP contribution in [-0.4, -0.2) is 36.4 Å². The number of halogens is 1. The second-order valence-corrected chi connectivity index (χ2v) is 2.94. The van der Waals surface area contributed by atoms with E-state index in [9.17, 15) is 4.79 Å². The van der Waals surface area contributed by atoms with Gasteiger partial charge in [0, 0.05) is 6.54 Å². The van der Waals surface area contributed by atoms with E-state index in [0.29, 0.717) is 26.0 Å². The van der Waals surface area contributed by atoms with Crippen molar-refractivity contribution in [1.82, 2.24) is 5.32 Å². The minimum Gasteiger partial charge on any atom is -0.465 e. The van der Waals surface area contributed by atoms with Crippen LogP contribution in [0.25, 0.3) is 0 Å². The Morgan fingerprint density at radius 2 is 2.31 bits per heavy atom. The van der Waals surface area contributed by atoms with Gasteiger partial charge < -0.3 is 15.2 Å². The number of hydrogen-bond acceptors (Lipinski definition) is 4. The predicted molar refractivity (Wildman–Crippen MR) is 50.9 cm³/mol. The third-order valence-electron chi connectivity index (χ3n) is 1.96. The molecule has 2 atom stereocenters. The summed E-state index contributed by atoms with van der Waals surface area (Å²) in [6.45, 7) is 2.69. The van der Waals surface area contributed by atoms with Crippen LogP contribution in [0.15, 0.2) is 0 Å². The summed E-state index contributed by atoms with van der Waals surface area (Å²) in [5.41, 5.74) is 0. The Balaban J connectivity index is 0.00000144. The standard InChI is InChI=1S/C8H15NO3.ClH/c1-2-12-8(11)7-4-3-6(10)5-9-7;/h6-7,9-10H,2-5H2,1H3;1H. The molecule has 1 rings (SSSR count). The van der Waals surface area contributed by atoms with Gasteiger partial charge in [0.2, 0.25) is 0 Å². The van der Waals surface area contributed by atoms with Crippen molar-refractivity contribution in [2.24, 2.45) is 0 Å². The van der Waals surface area contributed by atoms with Crippen molar-refractivity contribution >= 4 is 18.4 Å². The smallest absolute Gasteiger partial charge is 0.323 e. The van der Waals surface area contributed by atoms with Gasteiger partial charge in [-0.3, -0.25) is 4.79 Å². The number of ether oxygens (including phenoxy) is 1. The highest BCUT2D eigenvalue weighted by atomic mass is 35.5. The summed E-state index contributed by atoms with van der Waals surface area (Å²) in [6, 6.07) is -0.214. The fraction of sp³-hybridized carbons (Fsp3) is 0.875. The molecule has 0 aliphatic carbocycles. The van der Waals surface area contributed by atoms with Gasteiger partial charge in [-0.1, -0.05) is 0 Å². The second-order valence-electron chi connectivity index (χ2n) is 2.94. The van der Waals surface area contributed by atoms with E-state index in [2.05, 4.69) is 5.32 Å². The summed E-state index contributed by atoms with van der Waals surface area (Å²) in [7, 11) is 0. The van der Waals surface area contributed by atoms with Crippen molar-refractivity contribution in [2.45, 2.75) is 31.9 Å². The molecule has 0 spiro atoms. The lowest BCUT2D eigenvalue weighted by Gasteiger charge is -2.25. The molecule has 4 nitrogen and oxygen atoms in total. The molecule has 0 radical (unpaired) electrons. The lowest BCUT2D eigenvalue weighted by atomic mass is 10.0. The Morgan fingerprint density at radius 1 is 1.62 bits per heavy atom. The fourth-order valence-corrected chi connectivity index (χ4v) is 1.29. The average molecular weight is 210 g/mol. The van der Waals surface area contributed by atoms with Gasteiger partial charge in [-0.2, -0.15) is 0 Å². The van der Waals surface area contributed by atoms with Gasteiger partial charge in [-0.05, 0) is 19.8 Å². The van der Waals surface area contributed by atoms with E-state index in [1.165, 1.54) is 0 Å². The number of carbonyl (C=O) groups excluding carboxylic acids is 1. The van der Waals surface area contributed by atoms with Crippen LogP contribution >= 0.6 is 12.4 Å². The van der Waals surface area contributed by atoms with Crippen LogP contribution in [-0.2, 0) is 9.53 Å². The van der Waals surface area contributed by atoms with Gasteiger partial charge in [-0.15, -0.1) is 12.4 Å². The number of rotatable bonds is 2. The molecule has 13 heavy (non-hydrogen) atoms. The highest BCUT2D eigenvalue weighted by Crippen LogP contribution is 2.08. The maximum Gasteiger partial charge on any atom is 0.323 e. The molecular formula is C8H16ClNO3. The van der Waals surface area contributed by atoms with Crippen LogP contribution in [0, 0.1) is 0 Å². The molecule has 5 heteroatoms. The van der Waals surface area contributed by atoms with Crippen LogP contribution in [0.1, 0.15) is 19.8 Å². The lowest BCUT2D eigenvalue weighted by molar-refractivity contribution is -0.146. The van der Waals surface area contributed by atoms with E-state index in [4.69, 9.17) is 9.84 Å². The highest BCUT2D eigenvalue weighted by Gasteiger charge is 2.25. The van der Waals surface area contributed by atoms with E-state index in [0.717, 1.165) is 0 Å². The molecular weight excluding hydrogens is 194 g/mol. The minimum atomic E-state index is -0.310. The van der Waals surface area contributed by atoms with Crippen LogP contribution in [0.2, 0.25) is 0 Å². The van der Waals surface area contributed by atoms with E-state index < -0.39 is 0 Å². The number of esters is 1. The van der Waals surface area contributed by atoms with Crippen molar-refractivity contribution in [2.75, 3.05) is 13.2 Å². The molecule has 2 N–H and O–H groups in total. The number of carbonyl (C=O) groups is 1. The molecule has 0 amide bonds. The first kappa shape index (κ1) is 12.7. The van der Waals surface area contributed by atoms with Crippen molar-refractivity contribution in [3.8, 4) is 0 Å². The number of piperidine rings is 1. The Hall–Kier alpha value is -0.320. The lowest BCUT2D eigenvalue weighted by Crippen LogP contribution is -2.46. The minimum absolute atomic E-state index is 0. The van der Waals surface area contributed by atoms with Crippen molar-refractivity contribution < 1.29 is 14.6 Å². The molecule has 0 saturated carbocycles. The summed E-state index contributed by atoms with van der Waals surface area (Å²) in [5.74, 6) is -0.204. The molecule has 1 saturated heterocycles. The monoisotopic (exact) mass is 209 g/mol. The molecule has 2 unspecified atom stereocenters. The average Bonchev–Trinajstić information content (AvgIpc) is 2.06. The summed E-state index contributed by atoms with van der Waals surface area (Å²) in [4.78, 5) is 11.1. The zero-order valence-electron chi connectivity index (χ0n) is 7.66. The van der Waals surface area contributed by atoms with Gasteiger partial charge >= 0.3 is 5.97 Å². The van der Waals surface area contributed by atoms with Crippen LogP contribution in [0.5, 0.6) is 0 Å². The molecule has 1 aliphatic heterocycles. The molecule has 78 valence electrons. The first-order chi connectivity index (χ1) is 5.74. The predicted octanol–water partition coefficient (Wildman–Crippen LogP) is 0.0842. The normalized spacial score (nSPS) is 27.5. The van der Waals surface area contributed by atoms with Gasteiger partial charge in [0.25, 0.3) is 0 Å². The summed E-state index contributed by atoms with van der Waals surface area (Å²) in [6.07, 6.45) is 1.03. The Morgan fingerprint density at radius 3 is 2.77 bits per heavy atom. The molecule has 0 bridgehead atoms. The molecule has 0 aromatic rings. The maximum absolute atomic E-state index is 11.1. The Labute approximate surface area is 84.1 Å². The third-order valence-corrected chi connectivity index (χ3v) is 1.96. The van der Waals surface area contributed by atoms with Crippen LogP contribution < -0.4 is 5.32 Å². The molecule has 0 aromatic carbocycles. The summed E-state index contributed by atoms with van der Waals surface area (Å²) >= 11 is 0. The highest BCUT2D eigenvalue weighted by molar-refractivity contribution is 5.85. The molecule has 1 heterocycles. The number of nitrogens with one attached hydrogen (secondary N) is 1. The molecule has 1 aliphatic rings. The van der Waals surface area contributed by atoms with Crippen molar-refractivity contribution in [3.05, 3.63) is 0 Å². The Bertz CT molecular complexity index is 157. The SMILES string of the molecule is CCOC(=O)C1CCC(O)CN1.Cl. The largest absolute Gasteiger partial charge is 0.465 e. The summed E-state index contributed by atoms with van der Waals surface area (Å²) in [5, 5.41) is 12.1. The number of aliphatic hydroxyl groups is 1. The number of aliphatic hydroxyl groups excluding tert-OH is 1. The van der Waals surface area contributed by atoms with E-state index >= 15 is 0 Å². The van der Waals surface area contributed by atoms with E-state index in [1.807, 2.05) is 0 Å². The number of β-amino-alcohol motifs (C(OH)–C–C–N with tert-alkyl or cyclic N) is 1. The van der Waals surface area contributed by atoms with Crippen LogP contribution in [0.3, 0.4) is 0 Å². The molecule has 1 fully saturated rings. The zero-order valence-corrected chi connectivity index (χ0v) is 8.47. The van der Waals surface area contributed by atoms with Gasteiger partial charge in [0.1, 0.15) is 6.04 Å².